The van der Waals surface area contributed by atoms with Crippen LogP contribution in [0, 0.1) is 0 Å². The highest BCUT2D eigenvalue weighted by molar-refractivity contribution is 5.79. The Morgan fingerprint density at radius 2 is 2.00 bits per heavy atom. The molecule has 0 aliphatic carbocycles. The van der Waals surface area contributed by atoms with E-state index in [1.807, 2.05) is 42.3 Å². The Bertz CT molecular complexity index is 674. The van der Waals surface area contributed by atoms with E-state index >= 15 is 0 Å². The minimum atomic E-state index is -0.0432. The minimum Gasteiger partial charge on any atom is -0.492 e. The summed E-state index contributed by atoms with van der Waals surface area (Å²) in [4.78, 5) is 10.6. The molecule has 1 aromatic heterocycles. The second-order valence-electron chi connectivity index (χ2n) is 6.85. The number of rotatable bonds is 6. The number of hydrogen-bond donors (Lipinski definition) is 1. The second kappa shape index (κ2) is 8.55. The molecule has 2 aromatic rings. The molecule has 0 amide bonds. The van der Waals surface area contributed by atoms with Gasteiger partial charge in [-0.05, 0) is 12.1 Å². The van der Waals surface area contributed by atoms with Crippen molar-refractivity contribution in [3.63, 3.8) is 0 Å². The number of hydrogen-bond acceptors (Lipinski definition) is 4. The molecule has 0 fully saturated rings. The molecule has 1 heterocycles. The number of nitrogens with zero attached hydrogens (tertiary/aromatic N) is 3. The van der Waals surface area contributed by atoms with E-state index < -0.39 is 0 Å². The Hall–Kier alpha value is -2.50. The maximum Gasteiger partial charge on any atom is 0.213 e. The fourth-order valence-corrected chi connectivity index (χ4v) is 2.20. The van der Waals surface area contributed by atoms with Crippen LogP contribution >= 0.6 is 0 Å². The lowest BCUT2D eigenvalue weighted by Gasteiger charge is -2.21. The fraction of sp³-hybridized carbons (Fsp3) is 0.474. The van der Waals surface area contributed by atoms with Gasteiger partial charge in [0.2, 0.25) is 5.89 Å². The fourth-order valence-electron chi connectivity index (χ4n) is 2.20. The predicted octanol–water partition coefficient (Wildman–Crippen LogP) is 3.06. The summed E-state index contributed by atoms with van der Waals surface area (Å²) in [5.41, 5.74) is -0.0432. The highest BCUT2D eigenvalue weighted by Crippen LogP contribution is 2.22. The molecular weight excluding hydrogens is 316 g/mol. The summed E-state index contributed by atoms with van der Waals surface area (Å²) in [6.45, 7) is 8.09. The van der Waals surface area contributed by atoms with Gasteiger partial charge in [0.15, 0.2) is 5.96 Å². The van der Waals surface area contributed by atoms with Gasteiger partial charge in [0.05, 0.1) is 19.3 Å². The minimum absolute atomic E-state index is 0.0432. The van der Waals surface area contributed by atoms with Crippen LogP contribution in [-0.4, -0.2) is 43.1 Å². The van der Waals surface area contributed by atoms with Crippen molar-refractivity contribution >= 4 is 5.96 Å². The Labute approximate surface area is 149 Å². The van der Waals surface area contributed by atoms with Gasteiger partial charge in [0.25, 0.3) is 0 Å². The highest BCUT2D eigenvalue weighted by Gasteiger charge is 2.19. The summed E-state index contributed by atoms with van der Waals surface area (Å²) < 4.78 is 11.5. The topological polar surface area (TPSA) is 62.9 Å². The number of benzene rings is 1. The first-order valence-corrected chi connectivity index (χ1v) is 8.45. The number of likely N-dealkylation sites (N-methyl/N-ethyl adjacent to an activating group) is 1. The van der Waals surface area contributed by atoms with Crippen LogP contribution in [0.25, 0.3) is 0 Å². The maximum absolute atomic E-state index is 5.79. The van der Waals surface area contributed by atoms with Crippen LogP contribution in [0.4, 0.5) is 0 Å². The lowest BCUT2D eigenvalue weighted by atomic mass is 9.94. The molecule has 0 saturated heterocycles. The van der Waals surface area contributed by atoms with Crippen LogP contribution < -0.4 is 10.1 Å². The molecule has 0 radical (unpaired) electrons. The molecule has 6 heteroatoms. The number of guanidine groups is 1. The van der Waals surface area contributed by atoms with Gasteiger partial charge in [-0.3, -0.25) is 4.99 Å². The Morgan fingerprint density at radius 3 is 2.60 bits per heavy atom. The Kier molecular flexibility index (Phi) is 6.44. The van der Waals surface area contributed by atoms with Gasteiger partial charge in [-0.25, -0.2) is 4.98 Å². The normalized spacial score (nSPS) is 12.1. The van der Waals surface area contributed by atoms with Gasteiger partial charge in [0.1, 0.15) is 18.1 Å². The third-order valence-electron chi connectivity index (χ3n) is 3.70. The van der Waals surface area contributed by atoms with Gasteiger partial charge >= 0.3 is 0 Å². The van der Waals surface area contributed by atoms with Crippen molar-refractivity contribution in [3.05, 3.63) is 48.2 Å². The number of aromatic nitrogens is 1. The lowest BCUT2D eigenvalue weighted by Crippen LogP contribution is -2.40. The summed E-state index contributed by atoms with van der Waals surface area (Å²) in [6, 6.07) is 9.78. The molecule has 0 saturated carbocycles. The van der Waals surface area contributed by atoms with E-state index in [9.17, 15) is 0 Å². The molecule has 0 spiro atoms. The van der Waals surface area contributed by atoms with Gasteiger partial charge in [-0.2, -0.15) is 0 Å². The molecule has 136 valence electrons. The van der Waals surface area contributed by atoms with Gasteiger partial charge in [-0.1, -0.05) is 39.0 Å². The summed E-state index contributed by atoms with van der Waals surface area (Å²) in [7, 11) is 3.73. The number of ether oxygens (including phenoxy) is 1. The summed E-state index contributed by atoms with van der Waals surface area (Å²) >= 11 is 0. The zero-order chi connectivity index (χ0) is 18.3. The largest absolute Gasteiger partial charge is 0.492 e. The average molecular weight is 344 g/mol. The highest BCUT2D eigenvalue weighted by atomic mass is 16.5. The van der Waals surface area contributed by atoms with Crippen LogP contribution in [0.15, 0.2) is 45.9 Å². The van der Waals surface area contributed by atoms with Crippen LogP contribution in [0.1, 0.15) is 32.4 Å². The summed E-state index contributed by atoms with van der Waals surface area (Å²) in [6.07, 6.45) is 1.79. The zero-order valence-corrected chi connectivity index (χ0v) is 15.7. The van der Waals surface area contributed by atoms with E-state index in [0.29, 0.717) is 25.6 Å². The van der Waals surface area contributed by atoms with E-state index in [0.717, 1.165) is 17.5 Å². The molecule has 0 bridgehead atoms. The number of oxazole rings is 1. The van der Waals surface area contributed by atoms with Crippen LogP contribution in [0.3, 0.4) is 0 Å². The van der Waals surface area contributed by atoms with Gasteiger partial charge < -0.3 is 19.4 Å². The van der Waals surface area contributed by atoms with Crippen LogP contribution in [0.2, 0.25) is 0 Å². The maximum atomic E-state index is 5.79. The molecule has 2 rings (SSSR count). The predicted molar refractivity (Wildman–Crippen MR) is 100.0 cm³/mol. The zero-order valence-electron chi connectivity index (χ0n) is 15.7. The van der Waals surface area contributed by atoms with Crippen molar-refractivity contribution in [1.82, 2.24) is 15.2 Å². The third-order valence-corrected chi connectivity index (χ3v) is 3.70. The molecule has 0 atom stereocenters. The number of para-hydroxylation sites is 1. The van der Waals surface area contributed by atoms with Crippen LogP contribution in [-0.2, 0) is 12.0 Å². The molecule has 1 aromatic carbocycles. The summed E-state index contributed by atoms with van der Waals surface area (Å²) in [5.74, 6) is 3.17. The van der Waals surface area contributed by atoms with Crippen molar-refractivity contribution in [2.24, 2.45) is 4.99 Å². The monoisotopic (exact) mass is 344 g/mol. The Balaban J connectivity index is 1.80. The molecule has 0 aliphatic rings. The van der Waals surface area contributed by atoms with E-state index in [1.54, 1.807) is 13.2 Å². The molecule has 6 nitrogen and oxygen atoms in total. The van der Waals surface area contributed by atoms with E-state index in [2.05, 4.69) is 36.1 Å². The van der Waals surface area contributed by atoms with E-state index in [1.165, 1.54) is 0 Å². The Morgan fingerprint density at radius 1 is 1.28 bits per heavy atom. The molecule has 0 aliphatic heterocycles. The van der Waals surface area contributed by atoms with Crippen molar-refractivity contribution in [1.29, 1.82) is 0 Å². The molecule has 1 N–H and O–H groups in total. The van der Waals surface area contributed by atoms with E-state index in [4.69, 9.17) is 9.15 Å². The first-order valence-electron chi connectivity index (χ1n) is 8.45. The summed E-state index contributed by atoms with van der Waals surface area (Å²) in [5, 5.41) is 3.26. The lowest BCUT2D eigenvalue weighted by molar-refractivity contribution is 0.281. The van der Waals surface area contributed by atoms with E-state index in [-0.39, 0.29) is 5.41 Å². The first kappa shape index (κ1) is 18.8. The second-order valence-corrected chi connectivity index (χ2v) is 6.85. The first-order chi connectivity index (χ1) is 11.9. The standard InChI is InChI=1S/C19H28N4O2/c1-19(2,3)16-13-21-17(25-16)14-22-18(20-4)23(5)11-12-24-15-9-7-6-8-10-15/h6-10,13H,11-12,14H2,1-5H3,(H,20,22). The number of aliphatic imine (C=N–C) groups is 1. The van der Waals surface area contributed by atoms with Crippen molar-refractivity contribution in [2.45, 2.75) is 32.7 Å². The van der Waals surface area contributed by atoms with Gasteiger partial charge in [-0.15, -0.1) is 0 Å². The van der Waals surface area contributed by atoms with Crippen molar-refractivity contribution in [2.75, 3.05) is 27.2 Å². The van der Waals surface area contributed by atoms with Crippen LogP contribution in [0.5, 0.6) is 5.75 Å². The molecule has 25 heavy (non-hydrogen) atoms. The average Bonchev–Trinajstić information content (AvgIpc) is 3.06. The SMILES string of the molecule is CN=C(NCc1ncc(C(C)(C)C)o1)N(C)CCOc1ccccc1. The third kappa shape index (κ3) is 5.81. The van der Waals surface area contributed by atoms with Crippen molar-refractivity contribution in [3.8, 4) is 5.75 Å². The number of nitrogens with one attached hydrogen (secondary N) is 1. The smallest absolute Gasteiger partial charge is 0.213 e. The molecular formula is C19H28N4O2. The van der Waals surface area contributed by atoms with Gasteiger partial charge in [0, 0.05) is 19.5 Å². The van der Waals surface area contributed by atoms with Crippen molar-refractivity contribution < 1.29 is 9.15 Å². The molecule has 0 unspecified atom stereocenters. The quantitative estimate of drug-likeness (QED) is 0.644.